The van der Waals surface area contributed by atoms with Crippen molar-refractivity contribution in [1.82, 2.24) is 5.32 Å². The number of unbranched alkanes of at least 4 members (excludes halogenated alkanes) is 1. The minimum Gasteiger partial charge on any atom is -0.494 e. The summed E-state index contributed by atoms with van der Waals surface area (Å²) in [5, 5.41) is 5.83. The van der Waals surface area contributed by atoms with Crippen LogP contribution in [0.3, 0.4) is 0 Å². The van der Waals surface area contributed by atoms with Crippen molar-refractivity contribution in [2.75, 3.05) is 11.9 Å². The molecule has 1 aliphatic rings. The number of hydrogen-bond donors (Lipinski definition) is 2. The van der Waals surface area contributed by atoms with E-state index in [0.717, 1.165) is 29.7 Å². The van der Waals surface area contributed by atoms with E-state index in [2.05, 4.69) is 17.6 Å². The highest BCUT2D eigenvalue weighted by Crippen LogP contribution is 2.30. The number of carbonyl (C=O) groups excluding carboxylic acids is 2. The van der Waals surface area contributed by atoms with Gasteiger partial charge in [-0.3, -0.25) is 9.59 Å². The monoisotopic (exact) mass is 456 g/mol. The Hall–Kier alpha value is -4.06. The van der Waals surface area contributed by atoms with Crippen molar-refractivity contribution in [3.05, 3.63) is 95.2 Å². The summed E-state index contributed by atoms with van der Waals surface area (Å²) in [6.45, 7) is 4.78. The lowest BCUT2D eigenvalue weighted by Crippen LogP contribution is -2.26. The van der Waals surface area contributed by atoms with Crippen LogP contribution in [-0.2, 0) is 4.79 Å². The smallest absolute Gasteiger partial charge is 0.291 e. The zero-order valence-corrected chi connectivity index (χ0v) is 19.3. The Bertz CT molecular complexity index is 1180. The Balaban J connectivity index is 1.37. The summed E-state index contributed by atoms with van der Waals surface area (Å²) in [4.78, 5) is 25.0. The van der Waals surface area contributed by atoms with Gasteiger partial charge >= 0.3 is 0 Å². The van der Waals surface area contributed by atoms with Gasteiger partial charge in [-0.25, -0.2) is 0 Å². The van der Waals surface area contributed by atoms with Crippen LogP contribution in [0.5, 0.6) is 11.5 Å². The van der Waals surface area contributed by atoms with Crippen molar-refractivity contribution < 1.29 is 19.1 Å². The van der Waals surface area contributed by atoms with Gasteiger partial charge in [0.15, 0.2) is 11.5 Å². The molecular weight excluding hydrogens is 428 g/mol. The zero-order valence-electron chi connectivity index (χ0n) is 19.3. The number of amides is 2. The molecule has 34 heavy (non-hydrogen) atoms. The van der Waals surface area contributed by atoms with E-state index in [1.165, 1.54) is 0 Å². The van der Waals surface area contributed by atoms with Crippen molar-refractivity contribution in [1.29, 1.82) is 0 Å². The van der Waals surface area contributed by atoms with Crippen LogP contribution in [0.25, 0.3) is 6.08 Å². The Morgan fingerprint density at radius 1 is 1.06 bits per heavy atom. The molecule has 1 aliphatic heterocycles. The van der Waals surface area contributed by atoms with Gasteiger partial charge in [-0.05, 0) is 66.9 Å². The van der Waals surface area contributed by atoms with E-state index in [9.17, 15) is 9.59 Å². The molecule has 0 aliphatic carbocycles. The molecule has 0 unspecified atom stereocenters. The molecule has 6 nitrogen and oxygen atoms in total. The largest absolute Gasteiger partial charge is 0.494 e. The second-order valence-electron chi connectivity index (χ2n) is 8.15. The molecule has 1 atom stereocenters. The van der Waals surface area contributed by atoms with E-state index in [1.807, 2.05) is 43.3 Å². The molecule has 3 aromatic carbocycles. The highest BCUT2D eigenvalue weighted by Gasteiger charge is 2.21. The number of rotatable bonds is 8. The van der Waals surface area contributed by atoms with Crippen LogP contribution in [-0.4, -0.2) is 18.4 Å². The Kier molecular flexibility index (Phi) is 7.28. The van der Waals surface area contributed by atoms with E-state index in [1.54, 1.807) is 42.5 Å². The molecule has 174 valence electrons. The number of benzene rings is 3. The van der Waals surface area contributed by atoms with E-state index < -0.39 is 0 Å². The van der Waals surface area contributed by atoms with Gasteiger partial charge in [-0.2, -0.15) is 0 Å². The first-order valence-corrected chi connectivity index (χ1v) is 11.5. The SMILES string of the molecule is CCCCOc1ccc([C@H](C)NC(=O)c2ccc(/C=C3\Oc4ccccc4NC3=O)cc2)cc1. The fourth-order valence-corrected chi connectivity index (χ4v) is 3.54. The number of nitrogens with one attached hydrogen (secondary N) is 2. The number of fused-ring (bicyclic) bond motifs is 1. The summed E-state index contributed by atoms with van der Waals surface area (Å²) in [7, 11) is 0. The zero-order chi connectivity index (χ0) is 23.9. The summed E-state index contributed by atoms with van der Waals surface area (Å²) in [5.74, 6) is 1.15. The molecule has 6 heteroatoms. The van der Waals surface area contributed by atoms with Crippen LogP contribution < -0.4 is 20.1 Å². The third-order valence-corrected chi connectivity index (χ3v) is 5.54. The van der Waals surface area contributed by atoms with Gasteiger partial charge < -0.3 is 20.1 Å². The maximum atomic E-state index is 12.7. The summed E-state index contributed by atoms with van der Waals surface area (Å²) in [5.41, 5.74) is 2.93. The molecule has 3 aromatic rings. The summed E-state index contributed by atoms with van der Waals surface area (Å²) in [6, 6.07) is 21.9. The van der Waals surface area contributed by atoms with E-state index in [0.29, 0.717) is 23.6 Å². The molecule has 2 N–H and O–H groups in total. The summed E-state index contributed by atoms with van der Waals surface area (Å²) >= 11 is 0. The van der Waals surface area contributed by atoms with Gasteiger partial charge in [-0.15, -0.1) is 0 Å². The fourth-order valence-electron chi connectivity index (χ4n) is 3.54. The van der Waals surface area contributed by atoms with Gasteiger partial charge in [0.2, 0.25) is 0 Å². The predicted octanol–water partition coefficient (Wildman–Crippen LogP) is 5.73. The first-order chi connectivity index (χ1) is 16.5. The Labute approximate surface area is 199 Å². The van der Waals surface area contributed by atoms with Gasteiger partial charge in [0.1, 0.15) is 5.75 Å². The molecule has 0 bridgehead atoms. The van der Waals surface area contributed by atoms with Gasteiger partial charge in [-0.1, -0.05) is 49.7 Å². The van der Waals surface area contributed by atoms with E-state index in [4.69, 9.17) is 9.47 Å². The first kappa shape index (κ1) is 23.1. The average molecular weight is 457 g/mol. The van der Waals surface area contributed by atoms with Crippen molar-refractivity contribution in [2.24, 2.45) is 0 Å². The second-order valence-corrected chi connectivity index (χ2v) is 8.15. The normalized spacial score (nSPS) is 14.5. The maximum Gasteiger partial charge on any atom is 0.291 e. The molecule has 2 amide bonds. The minimum atomic E-state index is -0.309. The maximum absolute atomic E-state index is 12.7. The average Bonchev–Trinajstić information content (AvgIpc) is 2.85. The molecule has 0 saturated carbocycles. The third-order valence-electron chi connectivity index (χ3n) is 5.54. The Morgan fingerprint density at radius 2 is 1.79 bits per heavy atom. The quantitative estimate of drug-likeness (QED) is 0.335. The predicted molar refractivity (Wildman–Crippen MR) is 133 cm³/mol. The molecule has 0 aromatic heterocycles. The lowest BCUT2D eigenvalue weighted by Gasteiger charge is -2.19. The van der Waals surface area contributed by atoms with E-state index >= 15 is 0 Å². The van der Waals surface area contributed by atoms with Crippen LogP contribution in [0, 0.1) is 0 Å². The van der Waals surface area contributed by atoms with Crippen molar-refractivity contribution in [2.45, 2.75) is 32.7 Å². The number of para-hydroxylation sites is 2. The minimum absolute atomic E-state index is 0.154. The molecule has 0 saturated heterocycles. The third kappa shape index (κ3) is 5.64. The fraction of sp³-hybridized carbons (Fsp3) is 0.214. The molecule has 0 radical (unpaired) electrons. The standard InChI is InChI=1S/C28H28N2O4/c1-3-4-17-33-23-15-13-21(14-16-23)19(2)29-27(31)22-11-9-20(10-12-22)18-26-28(32)30-24-7-5-6-8-25(24)34-26/h5-16,18-19H,3-4,17H2,1-2H3,(H,29,31)(H,30,32)/b26-18-/t19-/m0/s1. The van der Waals surface area contributed by atoms with Gasteiger partial charge in [0.25, 0.3) is 11.8 Å². The molecule has 1 heterocycles. The van der Waals surface area contributed by atoms with Crippen LogP contribution in [0.4, 0.5) is 5.69 Å². The Morgan fingerprint density at radius 3 is 2.53 bits per heavy atom. The highest BCUT2D eigenvalue weighted by molar-refractivity contribution is 6.08. The number of hydrogen-bond acceptors (Lipinski definition) is 4. The van der Waals surface area contributed by atoms with E-state index in [-0.39, 0.29) is 23.6 Å². The topological polar surface area (TPSA) is 76.7 Å². The molecule has 0 fully saturated rings. The second kappa shape index (κ2) is 10.7. The summed E-state index contributed by atoms with van der Waals surface area (Å²) < 4.78 is 11.4. The highest BCUT2D eigenvalue weighted by atomic mass is 16.5. The lowest BCUT2D eigenvalue weighted by atomic mass is 10.1. The van der Waals surface area contributed by atoms with Crippen molar-refractivity contribution in [3.63, 3.8) is 0 Å². The number of ether oxygens (including phenoxy) is 2. The van der Waals surface area contributed by atoms with Crippen molar-refractivity contribution in [3.8, 4) is 11.5 Å². The van der Waals surface area contributed by atoms with Gasteiger partial charge in [0, 0.05) is 5.56 Å². The van der Waals surface area contributed by atoms with Crippen LogP contribution in [0.15, 0.2) is 78.6 Å². The van der Waals surface area contributed by atoms with Gasteiger partial charge in [0.05, 0.1) is 18.3 Å². The number of carbonyl (C=O) groups is 2. The molecular formula is C28H28N2O4. The summed E-state index contributed by atoms with van der Waals surface area (Å²) in [6.07, 6.45) is 3.77. The van der Waals surface area contributed by atoms with Crippen LogP contribution in [0.1, 0.15) is 54.2 Å². The lowest BCUT2D eigenvalue weighted by molar-refractivity contribution is -0.115. The van der Waals surface area contributed by atoms with Crippen LogP contribution >= 0.6 is 0 Å². The first-order valence-electron chi connectivity index (χ1n) is 11.5. The number of anilines is 1. The van der Waals surface area contributed by atoms with Crippen molar-refractivity contribution >= 4 is 23.6 Å². The molecule has 0 spiro atoms. The van der Waals surface area contributed by atoms with Crippen LogP contribution in [0.2, 0.25) is 0 Å². The molecule has 4 rings (SSSR count).